The average Bonchev–Trinajstić information content (AvgIpc) is 2.90. The predicted molar refractivity (Wildman–Crippen MR) is 134 cm³/mol. The van der Waals surface area contributed by atoms with Gasteiger partial charge in [0.2, 0.25) is 0 Å². The first-order chi connectivity index (χ1) is 16.9. The number of rotatable bonds is 6. The summed E-state index contributed by atoms with van der Waals surface area (Å²) in [5, 5.41) is 12.0. The minimum Gasteiger partial charge on any atom is -0.348 e. The van der Waals surface area contributed by atoms with Gasteiger partial charge in [-0.3, -0.25) is 24.4 Å². The number of benzene rings is 1. The van der Waals surface area contributed by atoms with Crippen LogP contribution in [-0.4, -0.2) is 82.9 Å². The number of likely N-dealkylation sites (tertiary alicyclic amines) is 1. The Bertz CT molecular complexity index is 1040. The van der Waals surface area contributed by atoms with Crippen molar-refractivity contribution in [2.45, 2.75) is 45.3 Å². The first kappa shape index (κ1) is 24.8. The minimum atomic E-state index is -0.194. The summed E-state index contributed by atoms with van der Waals surface area (Å²) < 4.78 is 0. The monoisotopic (exact) mass is 474 g/mol. The van der Waals surface area contributed by atoms with E-state index in [1.165, 1.54) is 11.8 Å². The maximum absolute atomic E-state index is 12.8. The van der Waals surface area contributed by atoms with E-state index in [2.05, 4.69) is 40.0 Å². The highest BCUT2D eigenvalue weighted by Crippen LogP contribution is 2.16. The second-order valence-electron chi connectivity index (χ2n) is 9.69. The van der Waals surface area contributed by atoms with E-state index in [4.69, 9.17) is 5.26 Å². The van der Waals surface area contributed by atoms with E-state index >= 15 is 0 Å². The summed E-state index contributed by atoms with van der Waals surface area (Å²) in [5.41, 5.74) is 2.72. The van der Waals surface area contributed by atoms with Crippen LogP contribution in [0.15, 0.2) is 42.6 Å². The van der Waals surface area contributed by atoms with Crippen molar-refractivity contribution >= 4 is 11.8 Å². The van der Waals surface area contributed by atoms with Crippen LogP contribution in [0.25, 0.3) is 0 Å². The molecule has 3 heterocycles. The Morgan fingerprint density at radius 2 is 1.71 bits per heavy atom. The van der Waals surface area contributed by atoms with E-state index in [9.17, 15) is 9.59 Å². The lowest BCUT2D eigenvalue weighted by Crippen LogP contribution is -2.50. The molecule has 0 atom stereocenters. The highest BCUT2D eigenvalue weighted by atomic mass is 16.2. The Balaban J connectivity index is 1.23. The number of hydrogen-bond acceptors (Lipinski definition) is 6. The molecule has 8 heteroatoms. The molecule has 0 unspecified atom stereocenters. The summed E-state index contributed by atoms with van der Waals surface area (Å²) in [6, 6.07) is 13.8. The molecule has 2 saturated heterocycles. The quantitative estimate of drug-likeness (QED) is 0.692. The number of carbonyl (C=O) groups excluding carboxylic acids is 2. The van der Waals surface area contributed by atoms with Crippen molar-refractivity contribution < 1.29 is 9.59 Å². The van der Waals surface area contributed by atoms with Crippen LogP contribution in [0.1, 0.15) is 58.7 Å². The second-order valence-corrected chi connectivity index (χ2v) is 9.69. The SMILES string of the molecule is CC(C)N1CCN(C(=O)c2ccc(C(=O)NC3CCN(Cc4ccc(C#N)cc4)CC3)nc2)CC1. The molecule has 2 aromatic rings. The van der Waals surface area contributed by atoms with E-state index in [1.54, 1.807) is 12.1 Å². The molecule has 2 aliphatic heterocycles. The van der Waals surface area contributed by atoms with Crippen LogP contribution in [0.4, 0.5) is 0 Å². The molecule has 8 nitrogen and oxygen atoms in total. The molecule has 1 aromatic carbocycles. The maximum Gasteiger partial charge on any atom is 0.270 e. The van der Waals surface area contributed by atoms with Crippen LogP contribution in [0, 0.1) is 11.3 Å². The molecule has 1 aromatic heterocycles. The van der Waals surface area contributed by atoms with Gasteiger partial charge in [0.1, 0.15) is 5.69 Å². The highest BCUT2D eigenvalue weighted by Gasteiger charge is 2.25. The zero-order chi connectivity index (χ0) is 24.8. The Morgan fingerprint density at radius 1 is 1.03 bits per heavy atom. The van der Waals surface area contributed by atoms with E-state index < -0.39 is 0 Å². The van der Waals surface area contributed by atoms with Gasteiger partial charge >= 0.3 is 0 Å². The van der Waals surface area contributed by atoms with Crippen molar-refractivity contribution in [1.82, 2.24) is 25.0 Å². The summed E-state index contributed by atoms with van der Waals surface area (Å²) in [6.07, 6.45) is 3.27. The van der Waals surface area contributed by atoms with E-state index in [1.807, 2.05) is 29.2 Å². The third-order valence-electron chi connectivity index (χ3n) is 6.99. The van der Waals surface area contributed by atoms with Crippen molar-refractivity contribution in [3.63, 3.8) is 0 Å². The Kier molecular flexibility index (Phi) is 8.11. The molecule has 4 rings (SSSR count). The lowest BCUT2D eigenvalue weighted by molar-refractivity contribution is 0.0594. The summed E-state index contributed by atoms with van der Waals surface area (Å²) in [5.74, 6) is -0.220. The molecule has 2 amide bonds. The van der Waals surface area contributed by atoms with Gasteiger partial charge in [-0.05, 0) is 56.5 Å². The fourth-order valence-electron chi connectivity index (χ4n) is 4.72. The highest BCUT2D eigenvalue weighted by molar-refractivity contribution is 5.96. The van der Waals surface area contributed by atoms with Gasteiger partial charge in [0, 0.05) is 64.1 Å². The number of hydrogen-bond donors (Lipinski definition) is 1. The number of aromatic nitrogens is 1. The number of piperazine rings is 1. The number of nitrogens with zero attached hydrogens (tertiary/aromatic N) is 5. The normalized spacial score (nSPS) is 17.8. The predicted octanol–water partition coefficient (Wildman–Crippen LogP) is 2.51. The van der Waals surface area contributed by atoms with E-state index in [0.29, 0.717) is 36.0 Å². The molecule has 0 bridgehead atoms. The number of carbonyl (C=O) groups is 2. The Labute approximate surface area is 207 Å². The van der Waals surface area contributed by atoms with Crippen molar-refractivity contribution in [1.29, 1.82) is 5.26 Å². The van der Waals surface area contributed by atoms with Crippen LogP contribution in [-0.2, 0) is 6.54 Å². The Morgan fingerprint density at radius 3 is 2.29 bits per heavy atom. The second kappa shape index (κ2) is 11.4. The molecule has 2 aliphatic rings. The lowest BCUT2D eigenvalue weighted by atomic mass is 10.0. The van der Waals surface area contributed by atoms with Gasteiger partial charge < -0.3 is 10.2 Å². The van der Waals surface area contributed by atoms with Crippen molar-refractivity contribution in [3.05, 3.63) is 65.0 Å². The van der Waals surface area contributed by atoms with Crippen LogP contribution >= 0.6 is 0 Å². The topological polar surface area (TPSA) is 92.6 Å². The maximum atomic E-state index is 12.8. The summed E-state index contributed by atoms with van der Waals surface area (Å²) >= 11 is 0. The minimum absolute atomic E-state index is 0.0255. The molecule has 184 valence electrons. The van der Waals surface area contributed by atoms with Gasteiger partial charge in [-0.1, -0.05) is 12.1 Å². The van der Waals surface area contributed by atoms with Gasteiger partial charge in [0.25, 0.3) is 11.8 Å². The number of amides is 2. The van der Waals surface area contributed by atoms with E-state index in [-0.39, 0.29) is 17.9 Å². The fourth-order valence-corrected chi connectivity index (χ4v) is 4.72. The first-order valence-corrected chi connectivity index (χ1v) is 12.4. The van der Waals surface area contributed by atoms with Crippen molar-refractivity contribution in [2.24, 2.45) is 0 Å². The average molecular weight is 475 g/mol. The molecule has 0 radical (unpaired) electrons. The third kappa shape index (κ3) is 6.44. The number of pyridine rings is 1. The number of nitrogens with one attached hydrogen (secondary N) is 1. The number of nitriles is 1. The smallest absolute Gasteiger partial charge is 0.270 e. The van der Waals surface area contributed by atoms with Gasteiger partial charge in [0.05, 0.1) is 17.2 Å². The van der Waals surface area contributed by atoms with Crippen LogP contribution < -0.4 is 5.32 Å². The van der Waals surface area contributed by atoms with Gasteiger partial charge in [-0.25, -0.2) is 0 Å². The van der Waals surface area contributed by atoms with Gasteiger partial charge in [-0.15, -0.1) is 0 Å². The lowest BCUT2D eigenvalue weighted by Gasteiger charge is -2.36. The molecule has 35 heavy (non-hydrogen) atoms. The third-order valence-corrected chi connectivity index (χ3v) is 6.99. The van der Waals surface area contributed by atoms with Crippen LogP contribution in [0.3, 0.4) is 0 Å². The molecule has 1 N–H and O–H groups in total. The molecule has 2 fully saturated rings. The van der Waals surface area contributed by atoms with Crippen molar-refractivity contribution in [2.75, 3.05) is 39.3 Å². The zero-order valence-electron chi connectivity index (χ0n) is 20.6. The van der Waals surface area contributed by atoms with Crippen LogP contribution in [0.5, 0.6) is 0 Å². The first-order valence-electron chi connectivity index (χ1n) is 12.4. The molecular formula is C27H34N6O2. The summed E-state index contributed by atoms with van der Waals surface area (Å²) in [4.78, 5) is 36.4. The zero-order valence-corrected chi connectivity index (χ0v) is 20.6. The standard InChI is InChI=1S/C27H34N6O2/c1-20(2)32-13-15-33(16-14-32)27(35)23-7-8-25(29-18-23)26(34)30-24-9-11-31(12-10-24)19-22-5-3-21(17-28)4-6-22/h3-8,18,20,24H,9-16,19H2,1-2H3,(H,30,34). The van der Waals surface area contributed by atoms with E-state index in [0.717, 1.165) is 45.6 Å². The Hall–Kier alpha value is -3.28. The fraction of sp³-hybridized carbons (Fsp3) is 0.481. The van der Waals surface area contributed by atoms with Crippen molar-refractivity contribution in [3.8, 4) is 6.07 Å². The molecule has 0 spiro atoms. The summed E-state index contributed by atoms with van der Waals surface area (Å²) in [6.45, 7) is 10.2. The molecule has 0 aliphatic carbocycles. The molecular weight excluding hydrogens is 440 g/mol. The summed E-state index contributed by atoms with van der Waals surface area (Å²) in [7, 11) is 0. The largest absolute Gasteiger partial charge is 0.348 e. The molecule has 0 saturated carbocycles. The van der Waals surface area contributed by atoms with Gasteiger partial charge in [-0.2, -0.15) is 5.26 Å². The van der Waals surface area contributed by atoms with Crippen LogP contribution in [0.2, 0.25) is 0 Å². The van der Waals surface area contributed by atoms with Gasteiger partial charge in [0.15, 0.2) is 0 Å². The number of piperidine rings is 1.